The Kier molecular flexibility index (Phi) is 8.11. The molecule has 3 fully saturated rings. The number of fused-ring (bicyclic) bond motifs is 1. The normalized spacial score (nSPS) is 21.8. The highest BCUT2D eigenvalue weighted by Crippen LogP contribution is 2.37. The highest BCUT2D eigenvalue weighted by molar-refractivity contribution is 7.92. The van der Waals surface area contributed by atoms with Gasteiger partial charge >= 0.3 is 0 Å². The Hall–Kier alpha value is -2.88. The van der Waals surface area contributed by atoms with Crippen molar-refractivity contribution in [2.75, 3.05) is 32.8 Å². The number of sulfonamides is 1. The lowest BCUT2D eigenvalue weighted by Gasteiger charge is -2.37. The fourth-order valence-corrected chi connectivity index (χ4v) is 9.01. The first-order chi connectivity index (χ1) is 20.5. The van der Waals surface area contributed by atoms with Crippen molar-refractivity contribution in [1.82, 2.24) is 14.6 Å². The van der Waals surface area contributed by atoms with Crippen LogP contribution in [0.15, 0.2) is 63.2 Å². The van der Waals surface area contributed by atoms with Crippen molar-refractivity contribution in [2.24, 2.45) is 0 Å². The highest BCUT2D eigenvalue weighted by Gasteiger charge is 2.45. The number of pyridine rings is 1. The molecule has 11 nitrogen and oxygen atoms in total. The standard InChI is InChI=1S/C29H34FN3O8S2/c30-19-4-7-26-25(12-19)28(35)27(16-32-26)43(38,39)33-10-8-29(9-11-33)14-20(17-41-29)31-15-21(34)18-40-22-2-1-3-24(13-22)42(36,37)23-5-6-23/h1-4,7,12-13,16,20-21,23,31,34H,5-6,8-11,14-15,17-18H2,(H,32,35)/t20-,21+/m1/s1. The molecule has 1 spiro atoms. The fourth-order valence-electron chi connectivity index (χ4n) is 5.83. The summed E-state index contributed by atoms with van der Waals surface area (Å²) in [4.78, 5) is 15.5. The molecule has 2 atom stereocenters. The van der Waals surface area contributed by atoms with Gasteiger partial charge in [0.25, 0.3) is 0 Å². The Bertz CT molecular complexity index is 1780. The van der Waals surface area contributed by atoms with Crippen LogP contribution in [0, 0.1) is 5.82 Å². The van der Waals surface area contributed by atoms with Gasteiger partial charge < -0.3 is 24.9 Å². The van der Waals surface area contributed by atoms with Crippen LogP contribution < -0.4 is 15.5 Å². The molecular weight excluding hydrogens is 601 g/mol. The lowest BCUT2D eigenvalue weighted by molar-refractivity contribution is -0.0312. The van der Waals surface area contributed by atoms with Crippen LogP contribution in [0.5, 0.6) is 5.75 Å². The second-order valence-electron chi connectivity index (χ2n) is 11.6. The predicted octanol–water partition coefficient (Wildman–Crippen LogP) is 1.95. The summed E-state index contributed by atoms with van der Waals surface area (Å²) in [6, 6.07) is 9.89. The summed E-state index contributed by atoms with van der Waals surface area (Å²) in [5.41, 5.74) is -0.906. The molecule has 0 amide bonds. The lowest BCUT2D eigenvalue weighted by Crippen LogP contribution is -2.47. The molecule has 232 valence electrons. The summed E-state index contributed by atoms with van der Waals surface area (Å²) < 4.78 is 78.4. The van der Waals surface area contributed by atoms with E-state index in [4.69, 9.17) is 9.47 Å². The monoisotopic (exact) mass is 635 g/mol. The first-order valence-corrected chi connectivity index (χ1v) is 17.3. The van der Waals surface area contributed by atoms with Crippen LogP contribution >= 0.6 is 0 Å². The van der Waals surface area contributed by atoms with Crippen LogP contribution in [-0.2, 0) is 24.6 Å². The molecule has 1 saturated carbocycles. The molecular formula is C29H34FN3O8S2. The quantitative estimate of drug-likeness (QED) is 0.303. The number of sulfone groups is 1. The van der Waals surface area contributed by atoms with Crippen molar-refractivity contribution >= 4 is 30.8 Å². The number of nitrogens with zero attached hydrogens (tertiary/aromatic N) is 1. The number of aliphatic hydroxyl groups excluding tert-OH is 1. The van der Waals surface area contributed by atoms with Gasteiger partial charge in [-0.15, -0.1) is 0 Å². The van der Waals surface area contributed by atoms with Crippen LogP contribution in [-0.4, -0.2) is 87.1 Å². The largest absolute Gasteiger partial charge is 0.491 e. The first-order valence-electron chi connectivity index (χ1n) is 14.3. The molecule has 2 aromatic carbocycles. The van der Waals surface area contributed by atoms with Crippen LogP contribution in [0.25, 0.3) is 10.9 Å². The minimum absolute atomic E-state index is 0.0218. The second-order valence-corrected chi connectivity index (χ2v) is 15.7. The van der Waals surface area contributed by atoms with Gasteiger partial charge in [0.1, 0.15) is 29.2 Å². The smallest absolute Gasteiger partial charge is 0.248 e. The Morgan fingerprint density at radius 1 is 1.14 bits per heavy atom. The van der Waals surface area contributed by atoms with E-state index in [-0.39, 0.29) is 47.8 Å². The molecule has 1 aromatic heterocycles. The molecule has 1 aliphatic carbocycles. The van der Waals surface area contributed by atoms with Crippen molar-refractivity contribution in [3.63, 3.8) is 0 Å². The van der Waals surface area contributed by atoms with Crippen LogP contribution in [0.4, 0.5) is 4.39 Å². The van der Waals surface area contributed by atoms with Crippen molar-refractivity contribution in [3.05, 3.63) is 64.7 Å². The average Bonchev–Trinajstić information content (AvgIpc) is 3.79. The number of rotatable bonds is 10. The molecule has 3 aromatic rings. The Balaban J connectivity index is 0.993. The molecule has 0 bridgehead atoms. The van der Waals surface area contributed by atoms with Crippen LogP contribution in [0.1, 0.15) is 32.1 Å². The van der Waals surface area contributed by atoms with Gasteiger partial charge in [-0.25, -0.2) is 21.2 Å². The number of halogens is 1. The molecule has 14 heteroatoms. The Morgan fingerprint density at radius 2 is 1.91 bits per heavy atom. The summed E-state index contributed by atoms with van der Waals surface area (Å²) in [5.74, 6) is -0.246. The molecule has 6 rings (SSSR count). The summed E-state index contributed by atoms with van der Waals surface area (Å²) in [6.45, 7) is 0.947. The minimum Gasteiger partial charge on any atom is -0.491 e. The summed E-state index contributed by atoms with van der Waals surface area (Å²) in [5, 5.41) is 13.4. The molecule has 2 saturated heterocycles. The summed E-state index contributed by atoms with van der Waals surface area (Å²) in [6.07, 6.45) is 3.18. The number of aromatic amines is 1. The second kappa shape index (κ2) is 11.6. The van der Waals surface area contributed by atoms with E-state index in [2.05, 4.69) is 10.3 Å². The third-order valence-electron chi connectivity index (χ3n) is 8.45. The number of hydrogen-bond donors (Lipinski definition) is 3. The molecule has 2 aliphatic heterocycles. The summed E-state index contributed by atoms with van der Waals surface area (Å²) >= 11 is 0. The number of piperidine rings is 1. The zero-order valence-electron chi connectivity index (χ0n) is 23.4. The van der Waals surface area contributed by atoms with Crippen molar-refractivity contribution < 1.29 is 35.8 Å². The maximum Gasteiger partial charge on any atom is 0.248 e. The first kappa shape index (κ1) is 30.2. The number of nitrogens with one attached hydrogen (secondary N) is 2. The minimum atomic E-state index is -4.10. The molecule has 3 aliphatic rings. The highest BCUT2D eigenvalue weighted by atomic mass is 32.2. The van der Waals surface area contributed by atoms with E-state index in [1.807, 2.05) is 0 Å². The number of aliphatic hydroxyl groups is 1. The van der Waals surface area contributed by atoms with E-state index in [1.165, 1.54) is 22.5 Å². The molecule has 43 heavy (non-hydrogen) atoms. The zero-order chi connectivity index (χ0) is 30.4. The van der Waals surface area contributed by atoms with Crippen LogP contribution in [0.3, 0.4) is 0 Å². The Labute approximate surface area is 249 Å². The zero-order valence-corrected chi connectivity index (χ0v) is 25.0. The number of H-pyrrole nitrogens is 1. The Morgan fingerprint density at radius 3 is 2.65 bits per heavy atom. The van der Waals surface area contributed by atoms with E-state index in [1.54, 1.807) is 18.2 Å². The maximum absolute atomic E-state index is 13.7. The van der Waals surface area contributed by atoms with E-state index >= 15 is 0 Å². The van der Waals surface area contributed by atoms with Gasteiger partial charge in [-0.05, 0) is 68.5 Å². The van der Waals surface area contributed by atoms with E-state index in [0.717, 1.165) is 12.3 Å². The lowest BCUT2D eigenvalue weighted by atomic mass is 9.88. The van der Waals surface area contributed by atoms with Gasteiger partial charge in [0.05, 0.1) is 22.4 Å². The molecule has 0 unspecified atom stereocenters. The topological polar surface area (TPSA) is 155 Å². The van der Waals surface area contributed by atoms with Crippen molar-refractivity contribution in [1.29, 1.82) is 0 Å². The van der Waals surface area contributed by atoms with Crippen molar-refractivity contribution in [2.45, 2.75) is 64.9 Å². The van der Waals surface area contributed by atoms with Gasteiger partial charge in [0, 0.05) is 42.8 Å². The SMILES string of the molecule is O=c1c(S(=O)(=O)N2CCC3(CC2)C[C@@H](NC[C@H](O)COc2cccc(S(=O)(=O)C4CC4)c2)CO3)c[nH]c2ccc(F)cc12. The van der Waals surface area contributed by atoms with Crippen LogP contribution in [0.2, 0.25) is 0 Å². The number of aromatic nitrogens is 1. The van der Waals surface area contributed by atoms with E-state index in [0.29, 0.717) is 50.0 Å². The van der Waals surface area contributed by atoms with Gasteiger partial charge in [0.15, 0.2) is 9.84 Å². The van der Waals surface area contributed by atoms with E-state index < -0.39 is 47.7 Å². The summed E-state index contributed by atoms with van der Waals surface area (Å²) in [7, 11) is -7.44. The van der Waals surface area contributed by atoms with Crippen molar-refractivity contribution in [3.8, 4) is 5.75 Å². The van der Waals surface area contributed by atoms with Gasteiger partial charge in [-0.3, -0.25) is 4.79 Å². The maximum atomic E-state index is 13.7. The molecule has 0 radical (unpaired) electrons. The number of hydrogen-bond acceptors (Lipinski definition) is 9. The third-order valence-corrected chi connectivity index (χ3v) is 12.6. The third kappa shape index (κ3) is 6.22. The van der Waals surface area contributed by atoms with Gasteiger partial charge in [-0.2, -0.15) is 4.31 Å². The van der Waals surface area contributed by atoms with Gasteiger partial charge in [0.2, 0.25) is 15.5 Å². The molecule has 3 heterocycles. The molecule has 3 N–H and O–H groups in total. The van der Waals surface area contributed by atoms with Gasteiger partial charge in [-0.1, -0.05) is 6.07 Å². The number of benzene rings is 2. The predicted molar refractivity (Wildman–Crippen MR) is 156 cm³/mol. The average molecular weight is 636 g/mol. The van der Waals surface area contributed by atoms with E-state index in [9.17, 15) is 31.1 Å². The number of ether oxygens (including phenoxy) is 2. The fraction of sp³-hybridized carbons (Fsp3) is 0.483.